The maximum Gasteiger partial charge on any atom is 0.303 e. The molecule has 0 rings (SSSR count). The van der Waals surface area contributed by atoms with Gasteiger partial charge in [0.15, 0.2) is 0 Å². The molecule has 3 N–H and O–H groups in total. The maximum atomic E-state index is 11.1. The van der Waals surface area contributed by atoms with Gasteiger partial charge in [-0.15, -0.1) is 0 Å². The number of aliphatic hydroxyl groups excluding tert-OH is 2. The lowest BCUT2D eigenvalue weighted by Crippen LogP contribution is -2.08. The average molecular weight is 501 g/mol. The molecule has 0 aliphatic rings. The van der Waals surface area contributed by atoms with Crippen LogP contribution in [0.2, 0.25) is 0 Å². The van der Waals surface area contributed by atoms with Gasteiger partial charge in [0.2, 0.25) is 0 Å². The third-order valence-corrected chi connectivity index (χ3v) is 6.96. The highest BCUT2D eigenvalue weighted by Gasteiger charge is 2.12. The third-order valence-electron chi connectivity index (χ3n) is 6.96. The zero-order valence-electron chi connectivity index (χ0n) is 23.9. The predicted octanol–water partition coefficient (Wildman–Crippen LogP) is 9.45. The Hall–Kier alpha value is -0.610. The number of carboxylic acid groups (broad SMARTS) is 1. The molecule has 0 aliphatic carbocycles. The third kappa shape index (κ3) is 35.6. The minimum Gasteiger partial charge on any atom is -0.481 e. The fraction of sp³-hybridized carbons (Fsp3) is 0.968. The van der Waals surface area contributed by atoms with Gasteiger partial charge in [-0.05, 0) is 31.6 Å². The minimum atomic E-state index is -0.605. The highest BCUT2D eigenvalue weighted by molar-refractivity contribution is 5.66. The first-order chi connectivity index (χ1) is 17.1. The molecule has 0 aromatic carbocycles. The molecule has 0 bridgehead atoms. The summed E-state index contributed by atoms with van der Waals surface area (Å²) in [5, 5.41) is 25.8. The fourth-order valence-electron chi connectivity index (χ4n) is 4.66. The maximum absolute atomic E-state index is 11.1. The summed E-state index contributed by atoms with van der Waals surface area (Å²) < 4.78 is 0. The Labute approximate surface area is 219 Å². The van der Waals surface area contributed by atoms with Crippen molar-refractivity contribution in [2.45, 2.75) is 174 Å². The van der Waals surface area contributed by atoms with Gasteiger partial charge in [0.05, 0.1) is 0 Å². The summed E-state index contributed by atoms with van der Waals surface area (Å²) in [6, 6.07) is 0. The first kappa shape index (κ1) is 36.5. The molecular formula is C31H64O4. The van der Waals surface area contributed by atoms with Gasteiger partial charge in [-0.3, -0.25) is 4.79 Å². The Morgan fingerprint density at radius 2 is 0.771 bits per heavy atom. The summed E-state index contributed by atoms with van der Waals surface area (Å²) in [5.41, 5.74) is 0. The standard InChI is InChI=1S/C25H50O2.C6H14O2/c1-3-5-7-9-11-13-14-16-18-20-22-24(23-25(26)27)21-19-17-15-12-10-8-6-4-2;7-5-3-1-2-4-6-8/h24H,3-23H2,1-2H3,(H,26,27);7-8H,1-6H2. The Bertz CT molecular complexity index is 380. The van der Waals surface area contributed by atoms with Crippen LogP contribution in [0.15, 0.2) is 0 Å². The fourth-order valence-corrected chi connectivity index (χ4v) is 4.66. The van der Waals surface area contributed by atoms with Crippen LogP contribution in [0.3, 0.4) is 0 Å². The average Bonchev–Trinajstić information content (AvgIpc) is 2.84. The molecule has 1 unspecified atom stereocenters. The zero-order chi connectivity index (χ0) is 26.2. The van der Waals surface area contributed by atoms with Crippen molar-refractivity contribution in [3.8, 4) is 0 Å². The number of unbranched alkanes of at least 4 members (excludes halogenated alkanes) is 19. The van der Waals surface area contributed by atoms with Crippen LogP contribution >= 0.6 is 0 Å². The Morgan fingerprint density at radius 3 is 1.06 bits per heavy atom. The van der Waals surface area contributed by atoms with Crippen molar-refractivity contribution in [1.29, 1.82) is 0 Å². The number of hydrogen-bond donors (Lipinski definition) is 3. The molecule has 35 heavy (non-hydrogen) atoms. The van der Waals surface area contributed by atoms with Crippen molar-refractivity contribution in [2.75, 3.05) is 13.2 Å². The predicted molar refractivity (Wildman–Crippen MR) is 152 cm³/mol. The van der Waals surface area contributed by atoms with E-state index >= 15 is 0 Å². The molecule has 0 spiro atoms. The van der Waals surface area contributed by atoms with Crippen LogP contribution in [0.25, 0.3) is 0 Å². The molecule has 0 heterocycles. The van der Waals surface area contributed by atoms with Crippen LogP contribution in [0.4, 0.5) is 0 Å². The van der Waals surface area contributed by atoms with E-state index in [1.54, 1.807) is 0 Å². The first-order valence-electron chi connectivity index (χ1n) is 15.6. The number of aliphatic hydroxyl groups is 2. The van der Waals surface area contributed by atoms with Crippen molar-refractivity contribution in [3.63, 3.8) is 0 Å². The van der Waals surface area contributed by atoms with Gasteiger partial charge < -0.3 is 15.3 Å². The molecule has 212 valence electrons. The van der Waals surface area contributed by atoms with E-state index in [4.69, 9.17) is 15.3 Å². The molecule has 0 aliphatic heterocycles. The SMILES string of the molecule is CCCCCCCCCCCCC(CCCCCCCCCC)CC(=O)O.OCCCCCCO. The topological polar surface area (TPSA) is 77.8 Å². The first-order valence-corrected chi connectivity index (χ1v) is 15.6. The van der Waals surface area contributed by atoms with E-state index in [0.717, 1.165) is 38.5 Å². The minimum absolute atomic E-state index is 0.283. The monoisotopic (exact) mass is 500 g/mol. The summed E-state index contributed by atoms with van der Waals surface area (Å²) in [7, 11) is 0. The number of hydrogen-bond acceptors (Lipinski definition) is 3. The van der Waals surface area contributed by atoms with Crippen molar-refractivity contribution in [1.82, 2.24) is 0 Å². The molecule has 0 saturated carbocycles. The molecule has 0 fully saturated rings. The second kappa shape index (κ2) is 33.4. The number of carbonyl (C=O) groups is 1. The van der Waals surface area contributed by atoms with E-state index in [-0.39, 0.29) is 13.2 Å². The van der Waals surface area contributed by atoms with Crippen LogP contribution in [-0.4, -0.2) is 34.5 Å². The van der Waals surface area contributed by atoms with Crippen molar-refractivity contribution < 1.29 is 20.1 Å². The molecule has 0 saturated heterocycles. The summed E-state index contributed by atoms with van der Waals surface area (Å²) in [4.78, 5) is 11.1. The van der Waals surface area contributed by atoms with Crippen LogP contribution in [-0.2, 0) is 4.79 Å². The molecule has 0 radical (unpaired) electrons. The van der Waals surface area contributed by atoms with Crippen LogP contribution in [0.5, 0.6) is 0 Å². The Balaban J connectivity index is 0. The van der Waals surface area contributed by atoms with Crippen LogP contribution in [0.1, 0.15) is 174 Å². The highest BCUT2D eigenvalue weighted by atomic mass is 16.4. The Morgan fingerprint density at radius 1 is 0.486 bits per heavy atom. The van der Waals surface area contributed by atoms with Crippen LogP contribution in [0, 0.1) is 5.92 Å². The molecule has 4 nitrogen and oxygen atoms in total. The van der Waals surface area contributed by atoms with Gasteiger partial charge in [0.1, 0.15) is 0 Å². The molecule has 4 heteroatoms. The smallest absolute Gasteiger partial charge is 0.303 e. The Kier molecular flexibility index (Phi) is 34.9. The van der Waals surface area contributed by atoms with Crippen molar-refractivity contribution >= 4 is 5.97 Å². The zero-order valence-corrected chi connectivity index (χ0v) is 23.9. The quantitative estimate of drug-likeness (QED) is 0.0981. The molecular weight excluding hydrogens is 436 g/mol. The summed E-state index contributed by atoms with van der Waals surface area (Å²) in [6.07, 6.45) is 30.7. The molecule has 0 amide bonds. The number of aliphatic carboxylic acids is 1. The van der Waals surface area contributed by atoms with E-state index in [2.05, 4.69) is 13.8 Å². The van der Waals surface area contributed by atoms with E-state index < -0.39 is 5.97 Å². The highest BCUT2D eigenvalue weighted by Crippen LogP contribution is 2.22. The normalized spacial score (nSPS) is 11.8. The van der Waals surface area contributed by atoms with Crippen molar-refractivity contribution in [2.24, 2.45) is 5.92 Å². The molecule has 1 atom stereocenters. The lowest BCUT2D eigenvalue weighted by molar-refractivity contribution is -0.138. The lowest BCUT2D eigenvalue weighted by atomic mass is 9.91. The second-order valence-corrected chi connectivity index (χ2v) is 10.6. The van der Waals surface area contributed by atoms with Gasteiger partial charge >= 0.3 is 5.97 Å². The number of rotatable bonds is 27. The summed E-state index contributed by atoms with van der Waals surface area (Å²) in [5.74, 6) is -0.191. The summed E-state index contributed by atoms with van der Waals surface area (Å²) in [6.45, 7) is 5.10. The molecule has 0 aromatic heterocycles. The van der Waals surface area contributed by atoms with Gasteiger partial charge in [-0.2, -0.15) is 0 Å². The largest absolute Gasteiger partial charge is 0.481 e. The lowest BCUT2D eigenvalue weighted by Gasteiger charge is -2.14. The van der Waals surface area contributed by atoms with Crippen LogP contribution < -0.4 is 0 Å². The van der Waals surface area contributed by atoms with Gasteiger partial charge in [-0.25, -0.2) is 0 Å². The second-order valence-electron chi connectivity index (χ2n) is 10.6. The number of carboxylic acids is 1. The molecule has 0 aromatic rings. The van der Waals surface area contributed by atoms with Gasteiger partial charge in [0, 0.05) is 19.6 Å². The van der Waals surface area contributed by atoms with Gasteiger partial charge in [-0.1, -0.05) is 142 Å². The van der Waals surface area contributed by atoms with Gasteiger partial charge in [0.25, 0.3) is 0 Å². The van der Waals surface area contributed by atoms with E-state index in [1.165, 1.54) is 116 Å². The summed E-state index contributed by atoms with van der Waals surface area (Å²) >= 11 is 0. The van der Waals surface area contributed by atoms with E-state index in [0.29, 0.717) is 12.3 Å². The van der Waals surface area contributed by atoms with E-state index in [1.807, 2.05) is 0 Å². The van der Waals surface area contributed by atoms with Crippen molar-refractivity contribution in [3.05, 3.63) is 0 Å². The van der Waals surface area contributed by atoms with E-state index in [9.17, 15) is 4.79 Å².